The van der Waals surface area contributed by atoms with Gasteiger partial charge in [0.15, 0.2) is 0 Å². The van der Waals surface area contributed by atoms with Crippen LogP contribution in [-0.4, -0.2) is 44.1 Å². The zero-order valence-corrected chi connectivity index (χ0v) is 12.8. The van der Waals surface area contributed by atoms with Crippen molar-refractivity contribution in [2.75, 3.05) is 29.5 Å². The Labute approximate surface area is 124 Å². The van der Waals surface area contributed by atoms with E-state index in [1.165, 1.54) is 0 Å². The molecule has 20 heavy (non-hydrogen) atoms. The average Bonchev–Trinajstić information content (AvgIpc) is 2.38. The van der Waals surface area contributed by atoms with Gasteiger partial charge >= 0.3 is 5.97 Å². The number of carboxylic acid groups (broad SMARTS) is 1. The number of halogens is 1. The Morgan fingerprint density at radius 1 is 1.30 bits per heavy atom. The minimum atomic E-state index is -3.03. The Morgan fingerprint density at radius 3 is 2.40 bits per heavy atom. The van der Waals surface area contributed by atoms with Crippen LogP contribution in [0.2, 0.25) is 5.02 Å². The molecule has 0 radical (unpaired) electrons. The molecule has 1 N–H and O–H groups in total. The van der Waals surface area contributed by atoms with E-state index in [9.17, 15) is 13.2 Å². The Morgan fingerprint density at radius 2 is 1.90 bits per heavy atom. The van der Waals surface area contributed by atoms with E-state index in [0.717, 1.165) is 0 Å². The van der Waals surface area contributed by atoms with Crippen LogP contribution in [-0.2, 0) is 14.6 Å². The summed E-state index contributed by atoms with van der Waals surface area (Å²) in [5, 5.41) is 9.49. The number of hydrogen-bond acceptors (Lipinski definition) is 4. The maximum Gasteiger partial charge on any atom is 0.323 e. The number of carboxylic acids is 1. The van der Waals surface area contributed by atoms with Gasteiger partial charge in [0, 0.05) is 23.0 Å². The predicted molar refractivity (Wildman–Crippen MR) is 80.2 cm³/mol. The monoisotopic (exact) mass is 319 g/mol. The second-order valence-electron chi connectivity index (χ2n) is 4.38. The van der Waals surface area contributed by atoms with Crippen LogP contribution in [0.15, 0.2) is 24.3 Å². The molecule has 0 fully saturated rings. The van der Waals surface area contributed by atoms with Crippen molar-refractivity contribution in [3.63, 3.8) is 0 Å². The van der Waals surface area contributed by atoms with Crippen LogP contribution in [0, 0.1) is 0 Å². The van der Waals surface area contributed by atoms with Gasteiger partial charge in [-0.2, -0.15) is 0 Å². The van der Waals surface area contributed by atoms with Crippen molar-refractivity contribution >= 4 is 33.1 Å². The molecule has 1 aromatic carbocycles. The van der Waals surface area contributed by atoms with Gasteiger partial charge in [-0.05, 0) is 30.7 Å². The highest BCUT2D eigenvalue weighted by Gasteiger charge is 2.13. The SMILES string of the molecule is CCS(=O)(=O)CCCN(CC(=O)O)c1ccc(Cl)cc1. The van der Waals surface area contributed by atoms with Crippen molar-refractivity contribution in [3.05, 3.63) is 29.3 Å². The summed E-state index contributed by atoms with van der Waals surface area (Å²) in [6.07, 6.45) is 0.395. The predicted octanol–water partition coefficient (Wildman–Crippen LogP) is 2.06. The highest BCUT2D eigenvalue weighted by molar-refractivity contribution is 7.91. The minimum absolute atomic E-state index is 0.0627. The summed E-state index contributed by atoms with van der Waals surface area (Å²) in [4.78, 5) is 12.5. The van der Waals surface area contributed by atoms with Gasteiger partial charge in [-0.1, -0.05) is 18.5 Å². The van der Waals surface area contributed by atoms with Gasteiger partial charge in [-0.3, -0.25) is 4.79 Å². The molecule has 0 aromatic heterocycles. The average molecular weight is 320 g/mol. The number of rotatable bonds is 8. The number of hydrogen-bond donors (Lipinski definition) is 1. The van der Waals surface area contributed by atoms with E-state index in [0.29, 0.717) is 23.7 Å². The molecule has 112 valence electrons. The Balaban J connectivity index is 2.70. The van der Waals surface area contributed by atoms with Crippen molar-refractivity contribution in [1.29, 1.82) is 0 Å². The van der Waals surface area contributed by atoms with E-state index in [4.69, 9.17) is 16.7 Å². The Kier molecular flexibility index (Phi) is 6.29. The zero-order valence-electron chi connectivity index (χ0n) is 11.3. The first-order valence-corrected chi connectivity index (χ1v) is 8.46. The number of anilines is 1. The number of sulfone groups is 1. The quantitative estimate of drug-likeness (QED) is 0.793. The third-order valence-electron chi connectivity index (χ3n) is 2.84. The van der Waals surface area contributed by atoms with E-state index >= 15 is 0 Å². The summed E-state index contributed by atoms with van der Waals surface area (Å²) < 4.78 is 22.9. The van der Waals surface area contributed by atoms with Gasteiger partial charge in [-0.25, -0.2) is 8.42 Å². The van der Waals surface area contributed by atoms with Gasteiger partial charge in [0.25, 0.3) is 0 Å². The van der Waals surface area contributed by atoms with Crippen molar-refractivity contribution in [2.24, 2.45) is 0 Å². The first-order valence-electron chi connectivity index (χ1n) is 6.27. The first kappa shape index (κ1) is 16.8. The lowest BCUT2D eigenvalue weighted by Crippen LogP contribution is -2.31. The van der Waals surface area contributed by atoms with Crippen LogP contribution in [0.5, 0.6) is 0 Å². The molecule has 0 aliphatic heterocycles. The molecule has 0 saturated carbocycles. The molecule has 0 spiro atoms. The largest absolute Gasteiger partial charge is 0.480 e. The number of aliphatic carboxylic acids is 1. The van der Waals surface area contributed by atoms with Crippen molar-refractivity contribution in [3.8, 4) is 0 Å². The normalized spacial score (nSPS) is 11.3. The van der Waals surface area contributed by atoms with Crippen molar-refractivity contribution in [1.82, 2.24) is 0 Å². The Bertz CT molecular complexity index is 542. The van der Waals surface area contributed by atoms with Crippen LogP contribution in [0.25, 0.3) is 0 Å². The number of nitrogens with zero attached hydrogens (tertiary/aromatic N) is 1. The summed E-state index contributed by atoms with van der Waals surface area (Å²) in [5.74, 6) is -0.793. The third-order valence-corrected chi connectivity index (χ3v) is 4.88. The topological polar surface area (TPSA) is 74.7 Å². The van der Waals surface area contributed by atoms with Crippen molar-refractivity contribution in [2.45, 2.75) is 13.3 Å². The summed E-state index contributed by atoms with van der Waals surface area (Å²) in [5.41, 5.74) is 0.714. The van der Waals surface area contributed by atoms with Crippen LogP contribution in [0.1, 0.15) is 13.3 Å². The van der Waals surface area contributed by atoms with Crippen LogP contribution in [0.4, 0.5) is 5.69 Å². The molecule has 0 unspecified atom stereocenters. The molecule has 0 atom stereocenters. The van der Waals surface area contributed by atoms with Crippen molar-refractivity contribution < 1.29 is 18.3 Å². The summed E-state index contributed by atoms with van der Waals surface area (Å²) in [6.45, 7) is 1.80. The lowest BCUT2D eigenvalue weighted by molar-refractivity contribution is -0.135. The molecule has 0 amide bonds. The highest BCUT2D eigenvalue weighted by atomic mass is 35.5. The minimum Gasteiger partial charge on any atom is -0.480 e. The lowest BCUT2D eigenvalue weighted by Gasteiger charge is -2.22. The molecule has 1 aromatic rings. The van der Waals surface area contributed by atoms with E-state index in [1.807, 2.05) is 0 Å². The third kappa shape index (κ3) is 5.79. The van der Waals surface area contributed by atoms with E-state index in [1.54, 1.807) is 36.1 Å². The second-order valence-corrected chi connectivity index (χ2v) is 7.29. The smallest absolute Gasteiger partial charge is 0.323 e. The fourth-order valence-electron chi connectivity index (χ4n) is 1.73. The fourth-order valence-corrected chi connectivity index (χ4v) is 2.72. The van der Waals surface area contributed by atoms with Gasteiger partial charge in [0.1, 0.15) is 16.4 Å². The molecule has 0 aliphatic carbocycles. The van der Waals surface area contributed by atoms with Gasteiger partial charge in [0.2, 0.25) is 0 Å². The second kappa shape index (κ2) is 7.50. The number of benzene rings is 1. The molecule has 0 bridgehead atoms. The highest BCUT2D eigenvalue weighted by Crippen LogP contribution is 2.18. The van der Waals surface area contributed by atoms with Gasteiger partial charge < -0.3 is 10.0 Å². The Hall–Kier alpha value is -1.27. The molecule has 7 heteroatoms. The fraction of sp³-hybridized carbons (Fsp3) is 0.462. The van der Waals surface area contributed by atoms with Crippen LogP contribution in [0.3, 0.4) is 0 Å². The van der Waals surface area contributed by atoms with E-state index < -0.39 is 15.8 Å². The van der Waals surface area contributed by atoms with Crippen LogP contribution < -0.4 is 4.90 Å². The first-order chi connectivity index (χ1) is 9.34. The molecular formula is C13H18ClNO4S. The molecule has 0 heterocycles. The maximum atomic E-state index is 11.4. The van der Waals surface area contributed by atoms with E-state index in [2.05, 4.69) is 0 Å². The summed E-state index contributed by atoms with van der Waals surface area (Å²) >= 11 is 5.79. The summed E-state index contributed by atoms with van der Waals surface area (Å²) in [6, 6.07) is 6.79. The molecule has 1 rings (SSSR count). The maximum absolute atomic E-state index is 11.4. The molecular weight excluding hydrogens is 302 g/mol. The van der Waals surface area contributed by atoms with Gasteiger partial charge in [-0.15, -0.1) is 0 Å². The van der Waals surface area contributed by atoms with E-state index in [-0.39, 0.29) is 18.1 Å². The standard InChI is InChI=1S/C13H18ClNO4S/c1-2-20(18,19)9-3-8-15(10-13(16)17)12-6-4-11(14)5-7-12/h4-7H,2-3,8-10H2,1H3,(H,16,17). The lowest BCUT2D eigenvalue weighted by atomic mass is 10.2. The zero-order chi connectivity index (χ0) is 15.2. The molecule has 5 nitrogen and oxygen atoms in total. The van der Waals surface area contributed by atoms with Crippen LogP contribution >= 0.6 is 11.6 Å². The van der Waals surface area contributed by atoms with Gasteiger partial charge in [0.05, 0.1) is 5.75 Å². The number of carbonyl (C=O) groups is 1. The summed E-state index contributed by atoms with van der Waals surface area (Å²) in [7, 11) is -3.03. The molecule has 0 saturated heterocycles. The molecule has 0 aliphatic rings.